The Labute approximate surface area is 133 Å². The smallest absolute Gasteiger partial charge is 0.220 e. The highest BCUT2D eigenvalue weighted by Gasteiger charge is 2.05. The molecule has 2 aromatic carbocycles. The van der Waals surface area contributed by atoms with Crippen molar-refractivity contribution in [2.45, 2.75) is 0 Å². The number of hydrogen-bond donors (Lipinski definition) is 2. The molecular weight excluding hydrogens is 304 g/mol. The third kappa shape index (κ3) is 5.40. The molecule has 22 heavy (non-hydrogen) atoms. The van der Waals surface area contributed by atoms with Gasteiger partial charge in [-0.05, 0) is 30.0 Å². The van der Waals surface area contributed by atoms with Crippen LogP contribution in [-0.2, 0) is 4.89 Å². The van der Waals surface area contributed by atoms with Crippen molar-refractivity contribution in [3.63, 3.8) is 0 Å². The molecule has 6 heteroatoms. The normalized spacial score (nSPS) is 9.59. The van der Waals surface area contributed by atoms with Gasteiger partial charge in [0.2, 0.25) is 5.43 Å². The van der Waals surface area contributed by atoms with Gasteiger partial charge < -0.3 is 9.84 Å². The van der Waals surface area contributed by atoms with Gasteiger partial charge in [0.05, 0.1) is 7.11 Å². The van der Waals surface area contributed by atoms with Gasteiger partial charge in [-0.15, -0.1) is 11.8 Å². The number of rotatable bonds is 4. The molecular formula is C16H18O5S. The van der Waals surface area contributed by atoms with E-state index in [9.17, 15) is 9.90 Å². The molecule has 2 rings (SSSR count). The van der Waals surface area contributed by atoms with E-state index in [0.29, 0.717) is 11.5 Å². The van der Waals surface area contributed by atoms with Crippen molar-refractivity contribution in [2.75, 3.05) is 19.3 Å². The van der Waals surface area contributed by atoms with E-state index >= 15 is 0 Å². The molecule has 0 radical (unpaired) electrons. The van der Waals surface area contributed by atoms with Crippen LogP contribution in [0.1, 0.15) is 0 Å². The molecule has 118 valence electrons. The van der Waals surface area contributed by atoms with Gasteiger partial charge in [-0.1, -0.05) is 30.3 Å². The maximum Gasteiger partial charge on any atom is 0.220 e. The van der Waals surface area contributed by atoms with Crippen LogP contribution < -0.4 is 10.2 Å². The van der Waals surface area contributed by atoms with Crippen molar-refractivity contribution in [1.82, 2.24) is 0 Å². The fourth-order valence-corrected chi connectivity index (χ4v) is 1.75. The van der Waals surface area contributed by atoms with Crippen molar-refractivity contribution in [2.24, 2.45) is 0 Å². The first kappa shape index (κ1) is 18.0. The van der Waals surface area contributed by atoms with Gasteiger partial charge in [-0.2, -0.15) is 0 Å². The minimum Gasteiger partial charge on any atom is -0.504 e. The van der Waals surface area contributed by atoms with Crippen molar-refractivity contribution < 1.29 is 20.0 Å². The molecule has 2 N–H and O–H groups in total. The van der Waals surface area contributed by atoms with Crippen LogP contribution in [-0.4, -0.2) is 29.7 Å². The zero-order chi connectivity index (χ0) is 16.4. The summed E-state index contributed by atoms with van der Waals surface area (Å²) in [6, 6.07) is 13.5. The third-order valence-corrected chi connectivity index (χ3v) is 3.02. The minimum atomic E-state index is -0.388. The first-order valence-electron chi connectivity index (χ1n) is 6.36. The zero-order valence-electron chi connectivity index (χ0n) is 12.4. The van der Waals surface area contributed by atoms with Gasteiger partial charge in [0, 0.05) is 5.56 Å². The zero-order valence-corrected chi connectivity index (χ0v) is 13.2. The lowest BCUT2D eigenvalue weighted by atomic mass is 10.1. The standard InChI is InChI=1S/C14H12O3.C2H6O2S/c1-17-11-8-6-10(7-9-11)12-4-2-3-5-13(15)14(12)16;1-5-2-4-3/h2-9H,1H3,(H,15,16);3H,2H2,1H3. The number of ether oxygens (including phenoxy) is 1. The summed E-state index contributed by atoms with van der Waals surface area (Å²) in [6.45, 7) is 0. The quantitative estimate of drug-likeness (QED) is 0.511. The number of thioether (sulfide) groups is 1. The summed E-state index contributed by atoms with van der Waals surface area (Å²) in [5, 5.41) is 17.3. The van der Waals surface area contributed by atoms with Crippen molar-refractivity contribution in [1.29, 1.82) is 0 Å². The van der Waals surface area contributed by atoms with Gasteiger partial charge in [0.15, 0.2) is 5.75 Å². The summed E-state index contributed by atoms with van der Waals surface area (Å²) < 4.78 is 5.05. The molecule has 0 heterocycles. The molecule has 0 unspecified atom stereocenters. The highest BCUT2D eigenvalue weighted by molar-refractivity contribution is 7.98. The lowest BCUT2D eigenvalue weighted by molar-refractivity contribution is -0.222. The van der Waals surface area contributed by atoms with Gasteiger partial charge >= 0.3 is 0 Å². The van der Waals surface area contributed by atoms with Crippen LogP contribution in [0.2, 0.25) is 0 Å². The van der Waals surface area contributed by atoms with Crippen LogP contribution in [0, 0.1) is 0 Å². The first-order chi connectivity index (χ1) is 10.6. The second-order valence-corrected chi connectivity index (χ2v) is 4.92. The predicted octanol–water partition coefficient (Wildman–Crippen LogP) is 3.22. The van der Waals surface area contributed by atoms with Gasteiger partial charge in [-0.3, -0.25) is 10.1 Å². The monoisotopic (exact) mass is 322 g/mol. The number of methoxy groups -OCH3 is 1. The highest BCUT2D eigenvalue weighted by atomic mass is 32.2. The first-order valence-corrected chi connectivity index (χ1v) is 7.75. The summed E-state index contributed by atoms with van der Waals surface area (Å²) in [5.74, 6) is 0.857. The van der Waals surface area contributed by atoms with Crippen LogP contribution in [0.15, 0.2) is 53.3 Å². The lowest BCUT2D eigenvalue weighted by Gasteiger charge is -2.03. The fraction of sp³-hybridized carbons (Fsp3) is 0.188. The average molecular weight is 322 g/mol. The Morgan fingerprint density at radius 1 is 1.09 bits per heavy atom. The van der Waals surface area contributed by atoms with Crippen molar-refractivity contribution >= 4 is 11.8 Å². The third-order valence-electron chi connectivity index (χ3n) is 2.68. The minimum absolute atomic E-state index is 0.236. The Hall–Kier alpha value is -2.02. The molecule has 0 fully saturated rings. The molecule has 5 nitrogen and oxygen atoms in total. The molecule has 0 aliphatic carbocycles. The Kier molecular flexibility index (Phi) is 8.06. The van der Waals surface area contributed by atoms with Crippen LogP contribution >= 0.6 is 11.8 Å². The van der Waals surface area contributed by atoms with Crippen molar-refractivity contribution in [3.05, 3.63) is 58.8 Å². The van der Waals surface area contributed by atoms with Gasteiger partial charge in [0.25, 0.3) is 0 Å². The second kappa shape index (κ2) is 9.83. The molecule has 0 aliphatic heterocycles. The topological polar surface area (TPSA) is 76.0 Å². The number of aromatic hydroxyl groups is 1. The molecule has 0 saturated heterocycles. The van der Waals surface area contributed by atoms with E-state index in [1.807, 2.05) is 6.26 Å². The summed E-state index contributed by atoms with van der Waals surface area (Å²) in [4.78, 5) is 15.1. The average Bonchev–Trinajstić information content (AvgIpc) is 2.71. The van der Waals surface area contributed by atoms with Crippen LogP contribution in [0.3, 0.4) is 0 Å². The summed E-state index contributed by atoms with van der Waals surface area (Å²) >= 11 is 1.43. The van der Waals surface area contributed by atoms with E-state index < -0.39 is 0 Å². The van der Waals surface area contributed by atoms with Gasteiger partial charge in [0.1, 0.15) is 11.7 Å². The largest absolute Gasteiger partial charge is 0.504 e. The summed E-state index contributed by atoms with van der Waals surface area (Å²) in [5.41, 5.74) is 0.903. The molecule has 0 spiro atoms. The second-order valence-electron chi connectivity index (χ2n) is 4.11. The Morgan fingerprint density at radius 2 is 1.73 bits per heavy atom. The molecule has 0 bridgehead atoms. The Balaban J connectivity index is 0.000000422. The van der Waals surface area contributed by atoms with E-state index in [0.717, 1.165) is 11.3 Å². The van der Waals surface area contributed by atoms with E-state index in [4.69, 9.17) is 9.99 Å². The number of benzene rings is 1. The van der Waals surface area contributed by atoms with Crippen LogP contribution in [0.25, 0.3) is 11.1 Å². The Morgan fingerprint density at radius 3 is 2.23 bits per heavy atom. The van der Waals surface area contributed by atoms with Crippen LogP contribution in [0.4, 0.5) is 0 Å². The van der Waals surface area contributed by atoms with Gasteiger partial charge in [-0.25, -0.2) is 4.89 Å². The maximum atomic E-state index is 11.5. The van der Waals surface area contributed by atoms with Crippen molar-refractivity contribution in [3.8, 4) is 22.6 Å². The van der Waals surface area contributed by atoms with E-state index in [2.05, 4.69) is 4.89 Å². The number of hydrogen-bond acceptors (Lipinski definition) is 6. The highest BCUT2D eigenvalue weighted by Crippen LogP contribution is 2.26. The van der Waals surface area contributed by atoms with E-state index in [1.165, 1.54) is 17.8 Å². The van der Waals surface area contributed by atoms with Crippen LogP contribution in [0.5, 0.6) is 11.5 Å². The summed E-state index contributed by atoms with van der Waals surface area (Å²) in [6.07, 6.45) is 1.84. The molecule has 0 saturated carbocycles. The molecule has 0 aliphatic rings. The predicted molar refractivity (Wildman–Crippen MR) is 88.5 cm³/mol. The maximum absolute atomic E-state index is 11.5. The van der Waals surface area contributed by atoms with E-state index in [-0.39, 0.29) is 11.2 Å². The SMILES string of the molecule is COc1ccc(-c2ccccc(=O)c2O)cc1.CSCOO. The molecule has 0 aromatic heterocycles. The Bertz CT molecular complexity index is 626. The fourth-order valence-electron chi connectivity index (χ4n) is 1.64. The lowest BCUT2D eigenvalue weighted by Crippen LogP contribution is -1.94. The molecule has 0 atom stereocenters. The molecule has 2 aromatic rings. The molecule has 0 amide bonds. The summed E-state index contributed by atoms with van der Waals surface area (Å²) in [7, 11) is 1.59. The van der Waals surface area contributed by atoms with E-state index in [1.54, 1.807) is 49.6 Å².